The summed E-state index contributed by atoms with van der Waals surface area (Å²) >= 11 is 0. The zero-order valence-electron chi connectivity index (χ0n) is 22.8. The molecule has 0 spiro atoms. The number of piperazine rings is 1. The lowest BCUT2D eigenvalue weighted by atomic mass is 9.82. The Hall–Kier alpha value is -3.95. The van der Waals surface area contributed by atoms with Crippen LogP contribution in [0.5, 0.6) is 5.75 Å². The molecule has 40 heavy (non-hydrogen) atoms. The van der Waals surface area contributed by atoms with E-state index in [1.807, 2.05) is 23.1 Å². The van der Waals surface area contributed by atoms with Crippen LogP contribution >= 0.6 is 0 Å². The summed E-state index contributed by atoms with van der Waals surface area (Å²) in [6.07, 6.45) is -3.48. The number of rotatable bonds is 6. The standard InChI is InChI=1S/C30H32F3N3O4/c1-4-29(2,3)20-8-10-25-24(17-20)36(27(37)19-39-25)18-23-9-11-26(40-23)28(38)35-14-12-34(13-15-35)22-7-5-6-21(16-22)30(31,32)33/h5-11,16-17H,4,12-15,18-19H2,1-3H3. The van der Waals surface area contributed by atoms with Crippen LogP contribution < -0.4 is 14.5 Å². The van der Waals surface area contributed by atoms with Gasteiger partial charge in [-0.2, -0.15) is 13.2 Å². The lowest BCUT2D eigenvalue weighted by molar-refractivity contribution is -0.137. The zero-order valence-corrected chi connectivity index (χ0v) is 22.8. The maximum Gasteiger partial charge on any atom is 0.416 e. The maximum absolute atomic E-state index is 13.1. The summed E-state index contributed by atoms with van der Waals surface area (Å²) in [5.74, 6) is 0.748. The molecule has 0 atom stereocenters. The summed E-state index contributed by atoms with van der Waals surface area (Å²) < 4.78 is 50.8. The monoisotopic (exact) mass is 555 g/mol. The van der Waals surface area contributed by atoms with Crippen molar-refractivity contribution in [3.05, 3.63) is 77.2 Å². The molecule has 3 aromatic rings. The van der Waals surface area contributed by atoms with E-state index in [1.165, 1.54) is 6.07 Å². The molecule has 1 saturated heterocycles. The van der Waals surface area contributed by atoms with Crippen LogP contribution in [0.15, 0.2) is 59.0 Å². The molecule has 5 rings (SSSR count). The van der Waals surface area contributed by atoms with Gasteiger partial charge in [0.15, 0.2) is 12.4 Å². The van der Waals surface area contributed by atoms with Gasteiger partial charge in [0.1, 0.15) is 11.5 Å². The second kappa shape index (κ2) is 10.6. The molecule has 0 N–H and O–H groups in total. The first kappa shape index (κ1) is 27.6. The number of nitrogens with zero attached hydrogens (tertiary/aromatic N) is 3. The van der Waals surface area contributed by atoms with Crippen molar-refractivity contribution in [3.63, 3.8) is 0 Å². The van der Waals surface area contributed by atoms with Gasteiger partial charge in [-0.05, 0) is 59.9 Å². The molecule has 2 aromatic carbocycles. The predicted molar refractivity (Wildman–Crippen MR) is 145 cm³/mol. The Balaban J connectivity index is 1.26. The third-order valence-electron chi connectivity index (χ3n) is 7.86. The van der Waals surface area contributed by atoms with Gasteiger partial charge in [0.2, 0.25) is 0 Å². The Labute approximate surface area is 231 Å². The van der Waals surface area contributed by atoms with E-state index in [0.717, 1.165) is 24.1 Å². The Morgan fingerprint density at radius 3 is 2.40 bits per heavy atom. The van der Waals surface area contributed by atoms with Crippen molar-refractivity contribution in [2.75, 3.05) is 42.6 Å². The molecular formula is C30H32F3N3O4. The summed E-state index contributed by atoms with van der Waals surface area (Å²) in [5, 5.41) is 0. The van der Waals surface area contributed by atoms with Crippen LogP contribution in [0.1, 0.15) is 54.6 Å². The van der Waals surface area contributed by atoms with Gasteiger partial charge in [-0.1, -0.05) is 32.9 Å². The van der Waals surface area contributed by atoms with Gasteiger partial charge >= 0.3 is 6.18 Å². The lowest BCUT2D eigenvalue weighted by Crippen LogP contribution is -2.48. The molecule has 1 fully saturated rings. The first-order valence-electron chi connectivity index (χ1n) is 13.3. The van der Waals surface area contributed by atoms with Crippen molar-refractivity contribution in [1.82, 2.24) is 4.90 Å². The molecule has 0 radical (unpaired) electrons. The van der Waals surface area contributed by atoms with E-state index < -0.39 is 11.7 Å². The van der Waals surface area contributed by atoms with Gasteiger partial charge in [0.05, 0.1) is 17.8 Å². The molecule has 1 aromatic heterocycles. The minimum absolute atomic E-state index is 0.0728. The molecule has 212 valence electrons. The van der Waals surface area contributed by atoms with Gasteiger partial charge < -0.3 is 19.0 Å². The molecule has 10 heteroatoms. The molecule has 7 nitrogen and oxygen atoms in total. The number of carbonyl (C=O) groups is 2. The van der Waals surface area contributed by atoms with Gasteiger partial charge in [0.25, 0.3) is 11.8 Å². The van der Waals surface area contributed by atoms with Gasteiger partial charge in [-0.15, -0.1) is 0 Å². The van der Waals surface area contributed by atoms with E-state index in [-0.39, 0.29) is 36.1 Å². The molecule has 2 aliphatic rings. The van der Waals surface area contributed by atoms with Crippen molar-refractivity contribution in [3.8, 4) is 5.75 Å². The predicted octanol–water partition coefficient (Wildman–Crippen LogP) is 5.87. The molecule has 0 unspecified atom stereocenters. The second-order valence-corrected chi connectivity index (χ2v) is 10.8. The Morgan fingerprint density at radius 1 is 0.950 bits per heavy atom. The largest absolute Gasteiger partial charge is 0.482 e. The van der Waals surface area contributed by atoms with Crippen molar-refractivity contribution >= 4 is 23.2 Å². The van der Waals surface area contributed by atoms with E-state index in [9.17, 15) is 22.8 Å². The smallest absolute Gasteiger partial charge is 0.416 e. The number of hydrogen-bond acceptors (Lipinski definition) is 5. The number of amides is 2. The highest BCUT2D eigenvalue weighted by molar-refractivity contribution is 5.98. The first-order valence-corrected chi connectivity index (χ1v) is 13.3. The number of furan rings is 1. The van der Waals surface area contributed by atoms with Crippen LogP contribution in [0.25, 0.3) is 0 Å². The third-order valence-corrected chi connectivity index (χ3v) is 7.86. The van der Waals surface area contributed by atoms with Gasteiger partial charge in [0, 0.05) is 31.9 Å². The molecule has 0 aliphatic carbocycles. The van der Waals surface area contributed by atoms with Crippen molar-refractivity contribution in [2.24, 2.45) is 0 Å². The minimum Gasteiger partial charge on any atom is -0.482 e. The Bertz CT molecular complexity index is 1410. The van der Waals surface area contributed by atoms with Crippen molar-refractivity contribution in [1.29, 1.82) is 0 Å². The average Bonchev–Trinajstić information content (AvgIpc) is 3.42. The normalized spacial score (nSPS) is 16.1. The topological polar surface area (TPSA) is 66.2 Å². The van der Waals surface area contributed by atoms with Crippen LogP contribution in [-0.4, -0.2) is 49.5 Å². The summed E-state index contributed by atoms with van der Waals surface area (Å²) in [7, 11) is 0. The van der Waals surface area contributed by atoms with E-state index in [2.05, 4.69) is 20.8 Å². The lowest BCUT2D eigenvalue weighted by Gasteiger charge is -2.36. The summed E-state index contributed by atoms with van der Waals surface area (Å²) in [6, 6.07) is 14.4. The van der Waals surface area contributed by atoms with E-state index in [4.69, 9.17) is 9.15 Å². The summed E-state index contributed by atoms with van der Waals surface area (Å²) in [6.45, 7) is 7.97. The van der Waals surface area contributed by atoms with Crippen LogP contribution in [-0.2, 0) is 22.9 Å². The van der Waals surface area contributed by atoms with Crippen molar-refractivity contribution in [2.45, 2.75) is 45.3 Å². The average molecular weight is 556 g/mol. The maximum atomic E-state index is 13.1. The van der Waals surface area contributed by atoms with Gasteiger partial charge in [-0.25, -0.2) is 0 Å². The zero-order chi connectivity index (χ0) is 28.7. The highest BCUT2D eigenvalue weighted by Gasteiger charge is 2.32. The number of halogens is 3. The van der Waals surface area contributed by atoms with E-state index >= 15 is 0 Å². The van der Waals surface area contributed by atoms with Crippen LogP contribution in [0.3, 0.4) is 0 Å². The molecule has 3 heterocycles. The highest BCUT2D eigenvalue weighted by atomic mass is 19.4. The van der Waals surface area contributed by atoms with Gasteiger partial charge in [-0.3, -0.25) is 14.5 Å². The minimum atomic E-state index is -4.41. The Morgan fingerprint density at radius 2 is 1.70 bits per heavy atom. The third kappa shape index (κ3) is 5.52. The van der Waals surface area contributed by atoms with E-state index in [1.54, 1.807) is 28.0 Å². The summed E-state index contributed by atoms with van der Waals surface area (Å²) in [5.41, 5.74) is 1.47. The quantitative estimate of drug-likeness (QED) is 0.381. The fourth-order valence-corrected chi connectivity index (χ4v) is 4.94. The fourth-order valence-electron chi connectivity index (χ4n) is 4.94. The molecular weight excluding hydrogens is 523 g/mol. The SMILES string of the molecule is CCC(C)(C)c1ccc2c(c1)N(Cc1ccc(C(=O)N3CCN(c4cccc(C(F)(F)F)c4)CC3)o1)C(=O)CO2. The number of hydrogen-bond donors (Lipinski definition) is 0. The van der Waals surface area contributed by atoms with Crippen LogP contribution in [0, 0.1) is 0 Å². The molecule has 0 bridgehead atoms. The van der Waals surface area contributed by atoms with Crippen molar-refractivity contribution < 1.29 is 31.9 Å². The molecule has 2 amide bonds. The van der Waals surface area contributed by atoms with Crippen LogP contribution in [0.4, 0.5) is 24.5 Å². The number of ether oxygens (including phenoxy) is 1. The number of benzene rings is 2. The number of fused-ring (bicyclic) bond motifs is 1. The first-order chi connectivity index (χ1) is 19.0. The second-order valence-electron chi connectivity index (χ2n) is 10.8. The Kier molecular flexibility index (Phi) is 7.29. The molecule has 0 saturated carbocycles. The highest BCUT2D eigenvalue weighted by Crippen LogP contribution is 2.38. The van der Waals surface area contributed by atoms with Crippen LogP contribution in [0.2, 0.25) is 0 Å². The number of alkyl halides is 3. The fraction of sp³-hybridized carbons (Fsp3) is 0.400. The number of anilines is 2. The summed E-state index contributed by atoms with van der Waals surface area (Å²) in [4.78, 5) is 31.1. The number of carbonyl (C=O) groups excluding carboxylic acids is 2. The van der Waals surface area contributed by atoms with E-state index in [0.29, 0.717) is 49.1 Å². The molecule has 2 aliphatic heterocycles.